The van der Waals surface area contributed by atoms with E-state index in [0.29, 0.717) is 6.42 Å². The number of ether oxygens (including phenoxy) is 1. The molecule has 6 heteroatoms. The van der Waals surface area contributed by atoms with Crippen molar-refractivity contribution >= 4 is 11.6 Å². The van der Waals surface area contributed by atoms with Crippen LogP contribution in [0.4, 0.5) is 10.2 Å². The molecular formula is C25H24FN3O2. The first-order valence-corrected chi connectivity index (χ1v) is 10.5. The lowest BCUT2D eigenvalue weighted by molar-refractivity contribution is -0.117. The van der Waals surface area contributed by atoms with E-state index in [1.54, 1.807) is 19.2 Å². The summed E-state index contributed by atoms with van der Waals surface area (Å²) in [7, 11) is 1.64. The van der Waals surface area contributed by atoms with Crippen molar-refractivity contribution < 1.29 is 13.9 Å². The molecule has 0 unspecified atom stereocenters. The molecule has 2 aliphatic rings. The summed E-state index contributed by atoms with van der Waals surface area (Å²) in [5, 5.41) is 8.37. The third kappa shape index (κ3) is 3.14. The number of carbonyl (C=O) groups excluding carboxylic acids is 1. The zero-order valence-electron chi connectivity index (χ0n) is 17.8. The van der Waals surface area contributed by atoms with E-state index in [1.165, 1.54) is 12.1 Å². The Balaban J connectivity index is 1.76. The highest BCUT2D eigenvalue weighted by Gasteiger charge is 2.40. The van der Waals surface area contributed by atoms with Crippen LogP contribution >= 0.6 is 0 Å². The number of allylic oxidation sites excluding steroid dienone is 2. The Hall–Kier alpha value is -3.41. The zero-order valence-corrected chi connectivity index (χ0v) is 17.8. The summed E-state index contributed by atoms with van der Waals surface area (Å²) >= 11 is 0. The fourth-order valence-corrected chi connectivity index (χ4v) is 4.82. The van der Waals surface area contributed by atoms with E-state index >= 15 is 0 Å². The van der Waals surface area contributed by atoms with Crippen LogP contribution in [0.15, 0.2) is 59.8 Å². The molecule has 2 atom stereocenters. The number of hydrogen-bond acceptors (Lipinski definition) is 4. The van der Waals surface area contributed by atoms with Crippen LogP contribution in [-0.4, -0.2) is 22.7 Å². The molecule has 31 heavy (non-hydrogen) atoms. The summed E-state index contributed by atoms with van der Waals surface area (Å²) in [5.74, 6) is 1.66. The fourth-order valence-electron chi connectivity index (χ4n) is 4.82. The van der Waals surface area contributed by atoms with E-state index < -0.39 is 0 Å². The molecular weight excluding hydrogens is 393 g/mol. The highest BCUT2D eigenvalue weighted by atomic mass is 19.1. The smallest absolute Gasteiger partial charge is 0.163 e. The predicted octanol–water partition coefficient (Wildman–Crippen LogP) is 5.27. The van der Waals surface area contributed by atoms with Crippen molar-refractivity contribution in [3.05, 3.63) is 76.9 Å². The lowest BCUT2D eigenvalue weighted by Gasteiger charge is -2.35. The van der Waals surface area contributed by atoms with Gasteiger partial charge in [-0.2, -0.15) is 5.10 Å². The molecule has 0 fully saturated rings. The average Bonchev–Trinajstić information content (AvgIpc) is 3.08. The summed E-state index contributed by atoms with van der Waals surface area (Å²) in [6, 6.07) is 13.8. The van der Waals surface area contributed by atoms with Gasteiger partial charge in [0.1, 0.15) is 23.4 Å². The van der Waals surface area contributed by atoms with Crippen molar-refractivity contribution in [2.45, 2.75) is 32.7 Å². The number of rotatable bonds is 3. The lowest BCUT2D eigenvalue weighted by atomic mass is 9.81. The van der Waals surface area contributed by atoms with Gasteiger partial charge in [0.15, 0.2) is 5.78 Å². The Kier molecular flexibility index (Phi) is 4.65. The Morgan fingerprint density at radius 2 is 1.87 bits per heavy atom. The number of carbonyl (C=O) groups is 1. The van der Waals surface area contributed by atoms with Gasteiger partial charge in [-0.15, -0.1) is 0 Å². The second kappa shape index (κ2) is 7.38. The van der Waals surface area contributed by atoms with E-state index in [2.05, 4.69) is 12.2 Å². The minimum absolute atomic E-state index is 0.138. The minimum Gasteiger partial charge on any atom is -0.496 e. The lowest BCUT2D eigenvalue weighted by Crippen LogP contribution is -2.33. The van der Waals surface area contributed by atoms with Gasteiger partial charge in [-0.3, -0.25) is 4.79 Å². The van der Waals surface area contributed by atoms with Crippen molar-refractivity contribution in [2.75, 3.05) is 12.4 Å². The van der Waals surface area contributed by atoms with E-state index in [1.807, 2.05) is 35.9 Å². The molecule has 0 radical (unpaired) electrons. The van der Waals surface area contributed by atoms with Crippen LogP contribution in [-0.2, 0) is 4.79 Å². The normalized spacial score (nSPS) is 20.2. The maximum Gasteiger partial charge on any atom is 0.163 e. The number of para-hydroxylation sites is 1. The molecule has 3 aromatic rings. The summed E-state index contributed by atoms with van der Waals surface area (Å²) in [4.78, 5) is 13.2. The number of fused-ring (bicyclic) bond motifs is 1. The monoisotopic (exact) mass is 417 g/mol. The summed E-state index contributed by atoms with van der Waals surface area (Å²) in [6.07, 6.45) is 1.31. The number of nitrogens with one attached hydrogen (secondary N) is 1. The molecule has 1 N–H and O–H groups in total. The number of nitrogens with zero attached hydrogens (tertiary/aromatic N) is 2. The molecule has 2 heterocycles. The average molecular weight is 417 g/mol. The van der Waals surface area contributed by atoms with Gasteiger partial charge in [0.05, 0.1) is 12.8 Å². The number of hydrogen-bond donors (Lipinski definition) is 1. The van der Waals surface area contributed by atoms with E-state index in [9.17, 15) is 9.18 Å². The number of methoxy groups -OCH3 is 1. The van der Waals surface area contributed by atoms with Gasteiger partial charge in [-0.25, -0.2) is 9.07 Å². The van der Waals surface area contributed by atoms with Gasteiger partial charge in [0.2, 0.25) is 0 Å². The molecule has 0 bridgehead atoms. The first-order valence-electron chi connectivity index (χ1n) is 10.5. The molecule has 1 aliphatic carbocycles. The molecule has 0 saturated carbocycles. The Labute approximate surface area is 180 Å². The molecule has 2 aromatic carbocycles. The third-order valence-electron chi connectivity index (χ3n) is 6.15. The largest absolute Gasteiger partial charge is 0.496 e. The highest BCUT2D eigenvalue weighted by molar-refractivity contribution is 6.00. The van der Waals surface area contributed by atoms with Crippen LogP contribution < -0.4 is 10.1 Å². The second-order valence-corrected chi connectivity index (χ2v) is 8.36. The Bertz CT molecular complexity index is 1210. The first kappa shape index (κ1) is 19.5. The van der Waals surface area contributed by atoms with E-state index in [4.69, 9.17) is 9.84 Å². The summed E-state index contributed by atoms with van der Waals surface area (Å²) < 4.78 is 21.1. The molecule has 5 rings (SSSR count). The van der Waals surface area contributed by atoms with Crippen molar-refractivity contribution in [3.63, 3.8) is 0 Å². The molecule has 0 spiro atoms. The first-order chi connectivity index (χ1) is 15.0. The van der Waals surface area contributed by atoms with Crippen LogP contribution in [0.5, 0.6) is 5.75 Å². The van der Waals surface area contributed by atoms with Gasteiger partial charge >= 0.3 is 0 Å². The summed E-state index contributed by atoms with van der Waals surface area (Å²) in [5.41, 5.74) is 5.20. The van der Waals surface area contributed by atoms with Crippen molar-refractivity contribution in [3.8, 4) is 16.9 Å². The maximum atomic E-state index is 13.5. The highest BCUT2D eigenvalue weighted by Crippen LogP contribution is 2.47. The summed E-state index contributed by atoms with van der Waals surface area (Å²) in [6.45, 7) is 4.04. The number of aromatic nitrogens is 2. The quantitative estimate of drug-likeness (QED) is 0.630. The molecule has 158 valence electrons. The van der Waals surface area contributed by atoms with Crippen molar-refractivity contribution in [2.24, 2.45) is 5.92 Å². The standard InChI is InChI=1S/C25H24FN3O2/c1-14-12-19-23(20(30)13-14)24(18-6-4-5-7-21(18)31-3)29-25(27-19)22(15(2)28-29)16-8-10-17(26)11-9-16/h4-11,14,24,27H,12-13H2,1-3H3/t14-,24-/m1/s1. The van der Waals surface area contributed by atoms with Gasteiger partial charge < -0.3 is 10.1 Å². The SMILES string of the molecule is COc1ccccc1[C@@H]1C2=C(C[C@@H](C)CC2=O)Nc2c(-c3ccc(F)cc3)c(C)nn21. The van der Waals surface area contributed by atoms with Gasteiger partial charge in [0.25, 0.3) is 0 Å². The van der Waals surface area contributed by atoms with E-state index in [0.717, 1.165) is 51.6 Å². The van der Waals surface area contributed by atoms with Crippen LogP contribution in [0.25, 0.3) is 11.1 Å². The van der Waals surface area contributed by atoms with Crippen molar-refractivity contribution in [1.29, 1.82) is 0 Å². The molecule has 0 amide bonds. The number of anilines is 1. The van der Waals surface area contributed by atoms with Crippen LogP contribution in [0.3, 0.4) is 0 Å². The number of Topliss-reactive ketones (excluding diaryl/α,β-unsaturated/α-hetero) is 1. The third-order valence-corrected chi connectivity index (χ3v) is 6.15. The van der Waals surface area contributed by atoms with Crippen LogP contribution in [0.2, 0.25) is 0 Å². The minimum atomic E-state index is -0.379. The van der Waals surface area contributed by atoms with Gasteiger partial charge in [0, 0.05) is 28.8 Å². The molecule has 0 saturated heterocycles. The fraction of sp³-hybridized carbons (Fsp3) is 0.280. The second-order valence-electron chi connectivity index (χ2n) is 8.36. The van der Waals surface area contributed by atoms with Gasteiger partial charge in [-0.05, 0) is 43.0 Å². The number of ketones is 1. The number of aryl methyl sites for hydroxylation is 1. The van der Waals surface area contributed by atoms with E-state index in [-0.39, 0.29) is 23.6 Å². The molecule has 5 nitrogen and oxygen atoms in total. The number of benzene rings is 2. The topological polar surface area (TPSA) is 56.1 Å². The van der Waals surface area contributed by atoms with Gasteiger partial charge in [-0.1, -0.05) is 37.3 Å². The Morgan fingerprint density at radius 1 is 1.13 bits per heavy atom. The van der Waals surface area contributed by atoms with Crippen molar-refractivity contribution in [1.82, 2.24) is 9.78 Å². The molecule has 1 aromatic heterocycles. The Morgan fingerprint density at radius 3 is 2.61 bits per heavy atom. The number of halogens is 1. The zero-order chi connectivity index (χ0) is 21.7. The maximum absolute atomic E-state index is 13.5. The predicted molar refractivity (Wildman–Crippen MR) is 118 cm³/mol. The van der Waals surface area contributed by atoms with Crippen LogP contribution in [0, 0.1) is 18.7 Å². The van der Waals surface area contributed by atoms with Crippen LogP contribution in [0.1, 0.15) is 37.1 Å². The molecule has 1 aliphatic heterocycles.